The first-order valence-corrected chi connectivity index (χ1v) is 11.6. The topological polar surface area (TPSA) is 91.5 Å². The van der Waals surface area contributed by atoms with Crippen molar-refractivity contribution in [2.24, 2.45) is 0 Å². The van der Waals surface area contributed by atoms with E-state index in [0.29, 0.717) is 11.2 Å². The number of fused-ring (bicyclic) bond motifs is 1. The first-order chi connectivity index (χ1) is 15.0. The molecule has 2 atom stereocenters. The lowest BCUT2D eigenvalue weighted by Crippen LogP contribution is -2.31. The van der Waals surface area contributed by atoms with Gasteiger partial charge in [-0.05, 0) is 37.8 Å². The maximum atomic E-state index is 8.36. The molecule has 1 aromatic carbocycles. The van der Waals surface area contributed by atoms with Gasteiger partial charge in [-0.1, -0.05) is 44.2 Å². The van der Waals surface area contributed by atoms with Crippen molar-refractivity contribution in [3.8, 4) is 0 Å². The summed E-state index contributed by atoms with van der Waals surface area (Å²) in [6.45, 7) is 8.52. The number of carboxylic acid groups (broad SMARTS) is 1. The number of nitrogens with zero attached hydrogens (tertiary/aromatic N) is 3. The minimum Gasteiger partial charge on any atom is -0.483 e. The first kappa shape index (κ1) is 23.1. The van der Waals surface area contributed by atoms with Gasteiger partial charge in [0.15, 0.2) is 11.5 Å². The Morgan fingerprint density at radius 1 is 1.29 bits per heavy atom. The summed E-state index contributed by atoms with van der Waals surface area (Å²) < 4.78 is 2.22. The monoisotopic (exact) mass is 441 g/mol. The zero-order chi connectivity index (χ0) is 22.2. The first-order valence-electron chi connectivity index (χ1n) is 10.7. The summed E-state index contributed by atoms with van der Waals surface area (Å²) in [7, 11) is 0. The van der Waals surface area contributed by atoms with E-state index in [1.165, 1.54) is 24.1 Å². The lowest BCUT2D eigenvalue weighted by molar-refractivity contribution is -0.122. The third-order valence-electron chi connectivity index (χ3n) is 5.28. The van der Waals surface area contributed by atoms with Crippen LogP contribution in [0.1, 0.15) is 56.8 Å². The largest absolute Gasteiger partial charge is 0.483 e. The normalized spacial score (nSPS) is 17.1. The fraction of sp³-hybridized carbons (Fsp3) is 0.435. The lowest BCUT2D eigenvalue weighted by Gasteiger charge is -2.22. The Bertz CT molecular complexity index is 971. The predicted molar refractivity (Wildman–Crippen MR) is 126 cm³/mol. The van der Waals surface area contributed by atoms with Crippen molar-refractivity contribution < 1.29 is 9.90 Å². The molecular formula is C23H31N5O2S. The molecule has 4 rings (SSSR count). The van der Waals surface area contributed by atoms with Gasteiger partial charge in [-0.25, -0.2) is 9.97 Å². The van der Waals surface area contributed by atoms with Crippen LogP contribution in [0.5, 0.6) is 0 Å². The fourth-order valence-corrected chi connectivity index (χ4v) is 4.82. The summed E-state index contributed by atoms with van der Waals surface area (Å²) in [4.78, 5) is 18.0. The number of imidazole rings is 1. The van der Waals surface area contributed by atoms with Crippen LogP contribution in [0.2, 0.25) is 0 Å². The van der Waals surface area contributed by atoms with Crippen LogP contribution in [0.3, 0.4) is 0 Å². The number of thioether (sulfide) groups is 1. The molecule has 2 aromatic heterocycles. The number of aromatic nitrogens is 3. The van der Waals surface area contributed by atoms with E-state index < -0.39 is 0 Å². The Balaban J connectivity index is 0.000000858. The zero-order valence-corrected chi connectivity index (χ0v) is 19.1. The van der Waals surface area contributed by atoms with E-state index in [1.807, 2.05) is 24.0 Å². The highest BCUT2D eigenvalue weighted by atomic mass is 32.2. The highest BCUT2D eigenvalue weighted by molar-refractivity contribution is 7.99. The van der Waals surface area contributed by atoms with E-state index in [4.69, 9.17) is 19.9 Å². The highest BCUT2D eigenvalue weighted by Crippen LogP contribution is 2.31. The summed E-state index contributed by atoms with van der Waals surface area (Å²) >= 11 is 1.88. The molecule has 0 amide bonds. The number of hydrogen-bond acceptors (Lipinski definition) is 6. The van der Waals surface area contributed by atoms with Crippen molar-refractivity contribution in [1.82, 2.24) is 19.7 Å². The maximum absolute atomic E-state index is 8.36. The predicted octanol–water partition coefficient (Wildman–Crippen LogP) is 4.57. The second-order valence-corrected chi connectivity index (χ2v) is 9.25. The summed E-state index contributed by atoms with van der Waals surface area (Å²) in [6, 6.07) is 10.6. The Kier molecular flexibility index (Phi) is 8.31. The van der Waals surface area contributed by atoms with Crippen molar-refractivity contribution in [3.05, 3.63) is 54.0 Å². The molecule has 1 saturated heterocycles. The maximum Gasteiger partial charge on any atom is 0.290 e. The van der Waals surface area contributed by atoms with Crippen molar-refractivity contribution >= 4 is 29.7 Å². The van der Waals surface area contributed by atoms with Crippen molar-refractivity contribution in [2.45, 2.75) is 55.8 Å². The molecule has 3 aromatic rings. The van der Waals surface area contributed by atoms with E-state index in [-0.39, 0.29) is 12.5 Å². The molecule has 166 valence electrons. The van der Waals surface area contributed by atoms with Gasteiger partial charge in [0.25, 0.3) is 6.47 Å². The Morgan fingerprint density at radius 3 is 2.68 bits per heavy atom. The van der Waals surface area contributed by atoms with Crippen LogP contribution in [-0.4, -0.2) is 44.3 Å². The third-order valence-corrected chi connectivity index (χ3v) is 6.46. The summed E-state index contributed by atoms with van der Waals surface area (Å²) in [6.07, 6.45) is 6.62. The molecule has 7 nitrogen and oxygen atoms in total. The van der Waals surface area contributed by atoms with Gasteiger partial charge in [0.1, 0.15) is 5.03 Å². The van der Waals surface area contributed by atoms with Gasteiger partial charge in [0, 0.05) is 29.9 Å². The Hall–Kier alpha value is -2.58. The third kappa shape index (κ3) is 5.98. The molecule has 8 heteroatoms. The van der Waals surface area contributed by atoms with E-state index in [0.717, 1.165) is 29.6 Å². The molecule has 0 bridgehead atoms. The van der Waals surface area contributed by atoms with Gasteiger partial charge in [-0.15, -0.1) is 11.8 Å². The molecule has 3 N–H and O–H groups in total. The summed E-state index contributed by atoms with van der Waals surface area (Å²) in [5, 5.41) is 15.6. The zero-order valence-electron chi connectivity index (χ0n) is 18.3. The molecule has 31 heavy (non-hydrogen) atoms. The van der Waals surface area contributed by atoms with E-state index in [9.17, 15) is 0 Å². The van der Waals surface area contributed by atoms with Crippen molar-refractivity contribution in [2.75, 3.05) is 18.4 Å². The number of nitrogens with one attached hydrogen (secondary N) is 2. The number of rotatable bonds is 6. The summed E-state index contributed by atoms with van der Waals surface area (Å²) in [5.41, 5.74) is 3.36. The van der Waals surface area contributed by atoms with Crippen LogP contribution in [0.15, 0.2) is 47.8 Å². The number of benzene rings is 1. The molecular weight excluding hydrogens is 410 g/mol. The molecule has 0 radical (unpaired) electrons. The van der Waals surface area contributed by atoms with Crippen LogP contribution in [0, 0.1) is 0 Å². The molecule has 0 spiro atoms. The molecule has 0 saturated carbocycles. The fourth-order valence-electron chi connectivity index (χ4n) is 3.69. The van der Waals surface area contributed by atoms with Gasteiger partial charge >= 0.3 is 0 Å². The number of piperidine rings is 1. The standard InChI is InChI=1S/C22H29N5S.CH2O2/c1-15(2)19-13-24-22-21(25-16(3)17-8-5-4-6-9-17)26-20(14-27(19)22)28-18-10-7-11-23-12-18;2-1-3/h4-6,8-9,13-16,18,23H,7,10-12H2,1-3H3,(H,25,26);1H,(H,2,3)/t16-,18?;/m0./s1. The van der Waals surface area contributed by atoms with Crippen LogP contribution in [0.25, 0.3) is 5.65 Å². The van der Waals surface area contributed by atoms with Crippen LogP contribution >= 0.6 is 11.8 Å². The number of anilines is 1. The van der Waals surface area contributed by atoms with Crippen LogP contribution < -0.4 is 10.6 Å². The van der Waals surface area contributed by atoms with Crippen LogP contribution in [-0.2, 0) is 4.79 Å². The van der Waals surface area contributed by atoms with Gasteiger partial charge in [-0.3, -0.25) is 9.20 Å². The lowest BCUT2D eigenvalue weighted by atomic mass is 10.1. The highest BCUT2D eigenvalue weighted by Gasteiger charge is 2.19. The molecule has 1 aliphatic rings. The van der Waals surface area contributed by atoms with E-state index in [1.54, 1.807) is 0 Å². The molecule has 0 aliphatic carbocycles. The smallest absolute Gasteiger partial charge is 0.290 e. The molecule has 1 aliphatic heterocycles. The number of carbonyl (C=O) groups is 1. The molecule has 1 unspecified atom stereocenters. The van der Waals surface area contributed by atoms with Gasteiger partial charge in [0.2, 0.25) is 0 Å². The van der Waals surface area contributed by atoms with Crippen LogP contribution in [0.4, 0.5) is 5.82 Å². The quantitative estimate of drug-likeness (QED) is 0.483. The van der Waals surface area contributed by atoms with Crippen molar-refractivity contribution in [1.29, 1.82) is 0 Å². The number of hydrogen-bond donors (Lipinski definition) is 3. The van der Waals surface area contributed by atoms with Crippen molar-refractivity contribution in [3.63, 3.8) is 0 Å². The molecule has 1 fully saturated rings. The van der Waals surface area contributed by atoms with Gasteiger partial charge in [0.05, 0.1) is 6.04 Å². The summed E-state index contributed by atoms with van der Waals surface area (Å²) in [5.74, 6) is 1.27. The molecule has 3 heterocycles. The van der Waals surface area contributed by atoms with E-state index >= 15 is 0 Å². The SMILES string of the molecule is CC(C)c1cnc2c(N[C@@H](C)c3ccccc3)nc(SC3CCCNC3)cn12.O=CO. The minimum atomic E-state index is -0.250. The average molecular weight is 442 g/mol. The van der Waals surface area contributed by atoms with Gasteiger partial charge in [-0.2, -0.15) is 0 Å². The van der Waals surface area contributed by atoms with E-state index in [2.05, 4.69) is 66.3 Å². The second-order valence-electron chi connectivity index (χ2n) is 7.93. The Morgan fingerprint density at radius 2 is 2.03 bits per heavy atom. The second kappa shape index (κ2) is 11.2. The average Bonchev–Trinajstić information content (AvgIpc) is 3.20. The van der Waals surface area contributed by atoms with Gasteiger partial charge < -0.3 is 15.7 Å². The Labute approximate surface area is 187 Å². The minimum absolute atomic E-state index is 0.160.